The number of rotatable bonds is 4. The molecule has 11 heavy (non-hydrogen) atoms. The van der Waals surface area contributed by atoms with Crippen molar-refractivity contribution in [3.8, 4) is 0 Å². The number of halogens is 3. The maximum absolute atomic E-state index is 11.4. The molecule has 0 amide bonds. The molecule has 0 saturated heterocycles. The Kier molecular flexibility index (Phi) is 4.77. The summed E-state index contributed by atoms with van der Waals surface area (Å²) < 4.78 is 48.8. The minimum absolute atomic E-state index is 0.223. The smallest absolute Gasteiger partial charge is 0.321 e. The summed E-state index contributed by atoms with van der Waals surface area (Å²) in [4.78, 5) is 0. The van der Waals surface area contributed by atoms with Crippen LogP contribution in [0.5, 0.6) is 0 Å². The maximum atomic E-state index is 11.4. The van der Waals surface area contributed by atoms with Gasteiger partial charge in [0.25, 0.3) is 0 Å². The SMILES string of the molecule is CCC[PH](=O)OCC(F)(F)F. The quantitative estimate of drug-likeness (QED) is 0.636. The topological polar surface area (TPSA) is 26.3 Å². The average molecular weight is 190 g/mol. The number of hydrogen-bond acceptors (Lipinski definition) is 2. The van der Waals surface area contributed by atoms with E-state index in [2.05, 4.69) is 4.52 Å². The first-order valence-electron chi connectivity index (χ1n) is 3.18. The lowest BCUT2D eigenvalue weighted by Gasteiger charge is -2.05. The van der Waals surface area contributed by atoms with Crippen LogP contribution in [0, 0.1) is 0 Å². The molecule has 0 bridgehead atoms. The Hall–Kier alpha value is -0.0200. The predicted octanol–water partition coefficient (Wildman–Crippen LogP) is 2.45. The van der Waals surface area contributed by atoms with E-state index < -0.39 is 20.8 Å². The van der Waals surface area contributed by atoms with Crippen molar-refractivity contribution in [1.82, 2.24) is 0 Å². The van der Waals surface area contributed by atoms with Crippen LogP contribution in [0.25, 0.3) is 0 Å². The molecule has 0 aliphatic carbocycles. The second-order valence-corrected chi connectivity index (χ2v) is 3.56. The van der Waals surface area contributed by atoms with Crippen LogP contribution in [0.4, 0.5) is 13.2 Å². The van der Waals surface area contributed by atoms with Crippen LogP contribution < -0.4 is 0 Å². The summed E-state index contributed by atoms with van der Waals surface area (Å²) in [5.74, 6) is 0. The Labute approximate surface area is 63.6 Å². The maximum Gasteiger partial charge on any atom is 0.412 e. The molecular formula is C5H10F3O2P. The highest BCUT2D eigenvalue weighted by Gasteiger charge is 2.28. The van der Waals surface area contributed by atoms with Gasteiger partial charge in [0.2, 0.25) is 0 Å². The molecule has 2 nitrogen and oxygen atoms in total. The lowest BCUT2D eigenvalue weighted by molar-refractivity contribution is -0.152. The van der Waals surface area contributed by atoms with Crippen LogP contribution >= 0.6 is 8.03 Å². The highest BCUT2D eigenvalue weighted by atomic mass is 31.1. The van der Waals surface area contributed by atoms with Crippen molar-refractivity contribution < 1.29 is 22.3 Å². The molecule has 68 valence electrons. The van der Waals surface area contributed by atoms with Gasteiger partial charge in [-0.3, -0.25) is 4.57 Å². The Morgan fingerprint density at radius 2 is 2.00 bits per heavy atom. The van der Waals surface area contributed by atoms with Gasteiger partial charge in [-0.2, -0.15) is 13.2 Å². The minimum Gasteiger partial charge on any atom is -0.321 e. The molecule has 6 heteroatoms. The summed E-state index contributed by atoms with van der Waals surface area (Å²) in [6, 6.07) is 0. The Morgan fingerprint density at radius 1 is 1.45 bits per heavy atom. The third kappa shape index (κ3) is 7.88. The molecule has 0 heterocycles. The minimum atomic E-state index is -4.37. The molecule has 0 aliphatic heterocycles. The summed E-state index contributed by atoms with van der Waals surface area (Å²) >= 11 is 0. The van der Waals surface area contributed by atoms with Gasteiger partial charge in [0.15, 0.2) is 8.03 Å². The highest BCUT2D eigenvalue weighted by Crippen LogP contribution is 2.27. The van der Waals surface area contributed by atoms with Crippen molar-refractivity contribution in [2.24, 2.45) is 0 Å². The van der Waals surface area contributed by atoms with Crippen LogP contribution in [-0.4, -0.2) is 18.9 Å². The fourth-order valence-corrected chi connectivity index (χ4v) is 1.32. The fourth-order valence-electron chi connectivity index (χ4n) is 0.439. The van der Waals surface area contributed by atoms with E-state index in [0.29, 0.717) is 6.42 Å². The standard InChI is InChI=1S/C5H10F3O2P/c1-2-3-11(9)10-4-5(6,7)8/h11H,2-4H2,1H3. The second kappa shape index (κ2) is 4.78. The van der Waals surface area contributed by atoms with Gasteiger partial charge in [-0.25, -0.2) is 0 Å². The summed E-state index contributed by atoms with van der Waals surface area (Å²) in [5.41, 5.74) is 0. The van der Waals surface area contributed by atoms with Crippen LogP contribution in [0.2, 0.25) is 0 Å². The second-order valence-electron chi connectivity index (χ2n) is 2.03. The van der Waals surface area contributed by atoms with Crippen molar-refractivity contribution in [2.45, 2.75) is 19.5 Å². The van der Waals surface area contributed by atoms with Gasteiger partial charge in [-0.1, -0.05) is 6.92 Å². The third-order valence-electron chi connectivity index (χ3n) is 0.851. The summed E-state index contributed by atoms with van der Waals surface area (Å²) in [6.07, 6.45) is -3.57. The fraction of sp³-hybridized carbons (Fsp3) is 1.00. The molecule has 0 saturated carbocycles. The Bertz CT molecular complexity index is 134. The van der Waals surface area contributed by atoms with E-state index in [0.717, 1.165) is 0 Å². The van der Waals surface area contributed by atoms with Crippen molar-refractivity contribution >= 4 is 8.03 Å². The summed E-state index contributed by atoms with van der Waals surface area (Å²) in [5, 5.41) is 0. The first-order chi connectivity index (χ1) is 4.95. The number of hydrogen-bond donors (Lipinski definition) is 0. The molecule has 0 spiro atoms. The zero-order valence-electron chi connectivity index (χ0n) is 6.07. The van der Waals surface area contributed by atoms with Crippen LogP contribution in [0.3, 0.4) is 0 Å². The molecule has 0 radical (unpaired) electrons. The van der Waals surface area contributed by atoms with Gasteiger partial charge in [0.05, 0.1) is 0 Å². The van der Waals surface area contributed by atoms with Gasteiger partial charge < -0.3 is 4.52 Å². The molecule has 0 fully saturated rings. The third-order valence-corrected chi connectivity index (χ3v) is 2.23. The monoisotopic (exact) mass is 190 g/mol. The van der Waals surface area contributed by atoms with Crippen LogP contribution in [0.1, 0.15) is 13.3 Å². The summed E-state index contributed by atoms with van der Waals surface area (Å²) in [7, 11) is -2.44. The van der Waals surface area contributed by atoms with Crippen molar-refractivity contribution in [1.29, 1.82) is 0 Å². The largest absolute Gasteiger partial charge is 0.412 e. The molecular weight excluding hydrogens is 180 g/mol. The zero-order chi connectivity index (χ0) is 8.91. The lowest BCUT2D eigenvalue weighted by atomic mass is 10.6. The van der Waals surface area contributed by atoms with E-state index in [-0.39, 0.29) is 6.16 Å². The molecule has 1 atom stereocenters. The summed E-state index contributed by atoms with van der Waals surface area (Å²) in [6.45, 7) is 0.338. The average Bonchev–Trinajstić information content (AvgIpc) is 1.83. The van der Waals surface area contributed by atoms with E-state index in [1.165, 1.54) is 0 Å². The molecule has 1 unspecified atom stereocenters. The molecule has 0 aromatic rings. The normalized spacial score (nSPS) is 14.9. The first kappa shape index (κ1) is 11.0. The Balaban J connectivity index is 3.46. The van der Waals surface area contributed by atoms with E-state index in [9.17, 15) is 17.7 Å². The van der Waals surface area contributed by atoms with Crippen molar-refractivity contribution in [3.63, 3.8) is 0 Å². The molecule has 0 aromatic carbocycles. The van der Waals surface area contributed by atoms with E-state index in [1.807, 2.05) is 0 Å². The van der Waals surface area contributed by atoms with Crippen molar-refractivity contribution in [2.75, 3.05) is 12.8 Å². The van der Waals surface area contributed by atoms with Gasteiger partial charge in [0, 0.05) is 6.16 Å². The van der Waals surface area contributed by atoms with E-state index in [4.69, 9.17) is 0 Å². The number of alkyl halides is 3. The van der Waals surface area contributed by atoms with E-state index >= 15 is 0 Å². The predicted molar refractivity (Wildman–Crippen MR) is 36.2 cm³/mol. The lowest BCUT2D eigenvalue weighted by Crippen LogP contribution is -2.14. The van der Waals surface area contributed by atoms with Crippen LogP contribution in [0.15, 0.2) is 0 Å². The van der Waals surface area contributed by atoms with E-state index in [1.54, 1.807) is 6.92 Å². The molecule has 0 N–H and O–H groups in total. The van der Waals surface area contributed by atoms with Gasteiger partial charge in [-0.05, 0) is 6.42 Å². The molecule has 0 aromatic heterocycles. The van der Waals surface area contributed by atoms with Crippen molar-refractivity contribution in [3.05, 3.63) is 0 Å². The Morgan fingerprint density at radius 3 is 2.36 bits per heavy atom. The van der Waals surface area contributed by atoms with Crippen LogP contribution in [-0.2, 0) is 9.09 Å². The van der Waals surface area contributed by atoms with Gasteiger partial charge in [-0.15, -0.1) is 0 Å². The van der Waals surface area contributed by atoms with Gasteiger partial charge >= 0.3 is 6.18 Å². The van der Waals surface area contributed by atoms with Gasteiger partial charge in [0.1, 0.15) is 6.61 Å². The molecule has 0 aliphatic rings. The zero-order valence-corrected chi connectivity index (χ0v) is 7.07. The highest BCUT2D eigenvalue weighted by molar-refractivity contribution is 7.39. The molecule has 0 rings (SSSR count). The first-order valence-corrected chi connectivity index (χ1v) is 4.70.